The third-order valence-electron chi connectivity index (χ3n) is 1.58. The Labute approximate surface area is 96.0 Å². The Morgan fingerprint density at radius 1 is 1.62 bits per heavy atom. The maximum atomic E-state index is 11.0. The van der Waals surface area contributed by atoms with E-state index in [0.29, 0.717) is 11.8 Å². The molecule has 86 valence electrons. The van der Waals surface area contributed by atoms with E-state index in [2.05, 4.69) is 26.8 Å². The molecular formula is C9H9NO5S. The van der Waals surface area contributed by atoms with Crippen LogP contribution in [-0.2, 0) is 14.3 Å². The van der Waals surface area contributed by atoms with E-state index in [-0.39, 0.29) is 18.1 Å². The van der Waals surface area contributed by atoms with Crippen LogP contribution in [0.5, 0.6) is 0 Å². The maximum absolute atomic E-state index is 11.0. The van der Waals surface area contributed by atoms with Crippen LogP contribution in [0.25, 0.3) is 0 Å². The highest BCUT2D eigenvalue weighted by Crippen LogP contribution is 2.15. The van der Waals surface area contributed by atoms with E-state index in [4.69, 9.17) is 0 Å². The molecule has 1 aliphatic rings. The highest BCUT2D eigenvalue weighted by atomic mass is 32.2. The van der Waals surface area contributed by atoms with E-state index < -0.39 is 17.4 Å². The number of ether oxygens (including phenoxy) is 2. The van der Waals surface area contributed by atoms with Gasteiger partial charge in [-0.3, -0.25) is 9.59 Å². The van der Waals surface area contributed by atoms with E-state index in [1.54, 1.807) is 0 Å². The van der Waals surface area contributed by atoms with Crippen molar-refractivity contribution in [3.63, 3.8) is 0 Å². The molecule has 0 aromatic heterocycles. The van der Waals surface area contributed by atoms with Gasteiger partial charge in [0.2, 0.25) is 0 Å². The molecular weight excluding hydrogens is 234 g/mol. The van der Waals surface area contributed by atoms with E-state index in [1.807, 2.05) is 0 Å². The summed E-state index contributed by atoms with van der Waals surface area (Å²) in [5.74, 6) is 2.35. The van der Waals surface area contributed by atoms with Crippen LogP contribution >= 0.6 is 11.8 Å². The Bertz CT molecular complexity index is 354. The summed E-state index contributed by atoms with van der Waals surface area (Å²) in [5.41, 5.74) is 0. The second kappa shape index (κ2) is 6.02. The van der Waals surface area contributed by atoms with Crippen LogP contribution in [0.2, 0.25) is 0 Å². The SMILES string of the molecule is CC#COC(=O)OCC1CC(=O)SC(=O)N1. The van der Waals surface area contributed by atoms with Crippen molar-refractivity contribution < 1.29 is 23.9 Å². The molecule has 1 rings (SSSR count). The highest BCUT2D eigenvalue weighted by molar-refractivity contribution is 8.26. The smallest absolute Gasteiger partial charge is 0.431 e. The molecule has 1 atom stereocenters. The molecule has 1 saturated heterocycles. The third-order valence-corrected chi connectivity index (χ3v) is 2.28. The monoisotopic (exact) mass is 243 g/mol. The minimum Gasteiger partial charge on any atom is -0.431 e. The topological polar surface area (TPSA) is 81.7 Å². The van der Waals surface area contributed by atoms with Crippen LogP contribution in [0.4, 0.5) is 9.59 Å². The standard InChI is InChI=1S/C9H9NO5S/c1-2-3-14-9(13)15-5-6-4-7(11)16-8(12)10-6/h6H,4-5H2,1H3,(H,10,12). The van der Waals surface area contributed by atoms with Gasteiger partial charge in [0.15, 0.2) is 5.12 Å². The van der Waals surface area contributed by atoms with Crippen LogP contribution in [0.3, 0.4) is 0 Å². The molecule has 16 heavy (non-hydrogen) atoms. The zero-order valence-corrected chi connectivity index (χ0v) is 9.26. The number of hydrogen-bond acceptors (Lipinski definition) is 6. The van der Waals surface area contributed by atoms with Gasteiger partial charge in [-0.2, -0.15) is 0 Å². The first kappa shape index (κ1) is 12.4. The Hall–Kier alpha value is -1.68. The fourth-order valence-corrected chi connectivity index (χ4v) is 1.70. The van der Waals surface area contributed by atoms with Gasteiger partial charge in [0.1, 0.15) is 12.7 Å². The lowest BCUT2D eigenvalue weighted by Gasteiger charge is -2.20. The Balaban J connectivity index is 2.31. The number of carbonyl (C=O) groups is 3. The van der Waals surface area contributed by atoms with Gasteiger partial charge in [-0.15, -0.1) is 0 Å². The third kappa shape index (κ3) is 4.23. The van der Waals surface area contributed by atoms with E-state index in [1.165, 1.54) is 6.92 Å². The fourth-order valence-electron chi connectivity index (χ4n) is 0.985. The van der Waals surface area contributed by atoms with Crippen molar-refractivity contribution >= 4 is 28.3 Å². The Morgan fingerprint density at radius 2 is 2.38 bits per heavy atom. The quantitative estimate of drug-likeness (QED) is 0.572. The summed E-state index contributed by atoms with van der Waals surface area (Å²) in [5, 5.41) is 1.80. The van der Waals surface area contributed by atoms with Crippen molar-refractivity contribution in [2.75, 3.05) is 6.61 Å². The molecule has 7 heteroatoms. The number of hydrogen-bond donors (Lipinski definition) is 1. The molecule has 1 unspecified atom stereocenters. The first-order valence-corrected chi connectivity index (χ1v) is 5.20. The minimum atomic E-state index is -0.950. The predicted molar refractivity (Wildman–Crippen MR) is 55.4 cm³/mol. The van der Waals surface area contributed by atoms with Gasteiger partial charge in [-0.05, 0) is 0 Å². The maximum Gasteiger partial charge on any atom is 0.522 e. The van der Waals surface area contributed by atoms with Crippen molar-refractivity contribution in [2.24, 2.45) is 0 Å². The molecule has 0 spiro atoms. The molecule has 0 aromatic carbocycles. The van der Waals surface area contributed by atoms with E-state index in [0.717, 1.165) is 0 Å². The minimum absolute atomic E-state index is 0.109. The van der Waals surface area contributed by atoms with Crippen LogP contribution in [0.1, 0.15) is 13.3 Å². The van der Waals surface area contributed by atoms with Crippen LogP contribution in [-0.4, -0.2) is 29.2 Å². The van der Waals surface area contributed by atoms with Crippen molar-refractivity contribution in [1.29, 1.82) is 0 Å². The summed E-state index contributed by atoms with van der Waals surface area (Å²) in [6, 6.07) is -0.497. The Morgan fingerprint density at radius 3 is 3.00 bits per heavy atom. The lowest BCUT2D eigenvalue weighted by atomic mass is 10.2. The van der Waals surface area contributed by atoms with Gasteiger partial charge in [0.05, 0.1) is 6.04 Å². The molecule has 0 saturated carbocycles. The molecule has 0 aromatic rings. The highest BCUT2D eigenvalue weighted by Gasteiger charge is 2.26. The summed E-state index contributed by atoms with van der Waals surface area (Å²) >= 11 is 0.610. The molecule has 6 nitrogen and oxygen atoms in total. The van der Waals surface area contributed by atoms with Gasteiger partial charge >= 0.3 is 6.16 Å². The molecule has 1 aliphatic heterocycles. The lowest BCUT2D eigenvalue weighted by Crippen LogP contribution is -2.42. The van der Waals surface area contributed by atoms with Crippen LogP contribution < -0.4 is 5.32 Å². The van der Waals surface area contributed by atoms with E-state index in [9.17, 15) is 14.4 Å². The summed E-state index contributed by atoms with van der Waals surface area (Å²) < 4.78 is 8.95. The first-order valence-electron chi connectivity index (χ1n) is 4.38. The summed E-state index contributed by atoms with van der Waals surface area (Å²) in [7, 11) is 0. The average molecular weight is 243 g/mol. The molecule has 0 bridgehead atoms. The molecule has 0 radical (unpaired) electrons. The number of thioether (sulfide) groups is 1. The zero-order valence-electron chi connectivity index (χ0n) is 8.44. The van der Waals surface area contributed by atoms with Gasteiger partial charge in [0.25, 0.3) is 5.24 Å². The average Bonchev–Trinajstić information content (AvgIpc) is 2.22. The van der Waals surface area contributed by atoms with Gasteiger partial charge in [-0.1, -0.05) is 5.92 Å². The molecule has 1 fully saturated rings. The van der Waals surface area contributed by atoms with Crippen molar-refractivity contribution in [3.05, 3.63) is 0 Å². The molecule has 1 heterocycles. The molecule has 1 amide bonds. The fraction of sp³-hybridized carbons (Fsp3) is 0.444. The second-order valence-electron chi connectivity index (χ2n) is 2.82. The molecule has 0 aliphatic carbocycles. The van der Waals surface area contributed by atoms with Crippen molar-refractivity contribution in [1.82, 2.24) is 5.32 Å². The number of carbonyl (C=O) groups excluding carboxylic acids is 3. The van der Waals surface area contributed by atoms with Gasteiger partial charge in [0, 0.05) is 25.1 Å². The number of amides is 1. The lowest BCUT2D eigenvalue weighted by molar-refractivity contribution is -0.111. The van der Waals surface area contributed by atoms with Crippen LogP contribution in [0.15, 0.2) is 0 Å². The second-order valence-corrected chi connectivity index (χ2v) is 3.85. The number of rotatable bonds is 2. The Kier molecular flexibility index (Phi) is 4.66. The summed E-state index contributed by atoms with van der Waals surface area (Å²) in [6.45, 7) is 1.40. The largest absolute Gasteiger partial charge is 0.522 e. The van der Waals surface area contributed by atoms with Crippen molar-refractivity contribution in [3.8, 4) is 12.0 Å². The molecule has 1 N–H and O–H groups in total. The zero-order chi connectivity index (χ0) is 12.0. The van der Waals surface area contributed by atoms with E-state index >= 15 is 0 Å². The van der Waals surface area contributed by atoms with Gasteiger partial charge < -0.3 is 14.8 Å². The summed E-state index contributed by atoms with van der Waals surface area (Å²) in [6.07, 6.45) is 1.25. The van der Waals surface area contributed by atoms with Crippen molar-refractivity contribution in [2.45, 2.75) is 19.4 Å². The van der Waals surface area contributed by atoms with Gasteiger partial charge in [-0.25, -0.2) is 4.79 Å². The summed E-state index contributed by atoms with van der Waals surface area (Å²) in [4.78, 5) is 32.8. The normalized spacial score (nSPS) is 19.2. The number of nitrogens with one attached hydrogen (secondary N) is 1. The predicted octanol–water partition coefficient (Wildman–Crippen LogP) is 0.862. The first-order chi connectivity index (χ1) is 7.61. The van der Waals surface area contributed by atoms with Crippen LogP contribution in [0, 0.1) is 12.0 Å².